The Bertz CT molecular complexity index is 108. The van der Waals surface area contributed by atoms with Gasteiger partial charge in [-0.15, -0.1) is 0 Å². The van der Waals surface area contributed by atoms with Crippen molar-refractivity contribution in [1.82, 2.24) is 0 Å². The fourth-order valence-corrected chi connectivity index (χ4v) is 0.577. The molecular formula is C5H10O4S. The summed E-state index contributed by atoms with van der Waals surface area (Å²) in [5.74, 6) is 0. The Morgan fingerprint density at radius 3 is 2.10 bits per heavy atom. The van der Waals surface area contributed by atoms with Crippen molar-refractivity contribution in [2.24, 2.45) is 0 Å². The van der Waals surface area contributed by atoms with Crippen LogP contribution in [0, 0.1) is 0 Å². The van der Waals surface area contributed by atoms with Crippen LogP contribution in [0.15, 0.2) is 0 Å². The van der Waals surface area contributed by atoms with Crippen molar-refractivity contribution in [2.45, 2.75) is 18.3 Å². The SMILES string of the molecule is OC[C@@H](O)[C@@H](O)[C@@H](O)C=S. The van der Waals surface area contributed by atoms with E-state index in [1.54, 1.807) is 0 Å². The zero-order valence-corrected chi connectivity index (χ0v) is 6.03. The van der Waals surface area contributed by atoms with Gasteiger partial charge < -0.3 is 20.4 Å². The Morgan fingerprint density at radius 1 is 1.30 bits per heavy atom. The summed E-state index contributed by atoms with van der Waals surface area (Å²) in [6.07, 6.45) is -4.01. The third kappa shape index (κ3) is 2.68. The molecule has 0 radical (unpaired) electrons. The maximum atomic E-state index is 8.83. The number of aliphatic hydroxyl groups excluding tert-OH is 4. The summed E-state index contributed by atoms with van der Waals surface area (Å²) >= 11 is 4.29. The minimum atomic E-state index is -1.40. The molecule has 3 atom stereocenters. The highest BCUT2D eigenvalue weighted by Gasteiger charge is 2.21. The maximum Gasteiger partial charge on any atom is 0.112 e. The second-order valence-electron chi connectivity index (χ2n) is 1.87. The van der Waals surface area contributed by atoms with Crippen molar-refractivity contribution in [2.75, 3.05) is 6.61 Å². The lowest BCUT2D eigenvalue weighted by Gasteiger charge is -2.17. The lowest BCUT2D eigenvalue weighted by molar-refractivity contribution is -0.0536. The van der Waals surface area contributed by atoms with E-state index < -0.39 is 24.9 Å². The number of hydrogen-bond acceptors (Lipinski definition) is 5. The summed E-state index contributed by atoms with van der Waals surface area (Å²) in [5.41, 5.74) is 0. The van der Waals surface area contributed by atoms with Gasteiger partial charge in [-0.1, -0.05) is 12.2 Å². The Labute approximate surface area is 63.7 Å². The molecule has 4 N–H and O–H groups in total. The number of rotatable bonds is 4. The first-order chi connectivity index (χ1) is 4.63. The maximum absolute atomic E-state index is 8.83. The molecule has 0 amide bonds. The highest BCUT2D eigenvalue weighted by atomic mass is 32.1. The Hall–Kier alpha value is -0.0700. The smallest absolute Gasteiger partial charge is 0.112 e. The molecule has 0 bridgehead atoms. The van der Waals surface area contributed by atoms with Gasteiger partial charge in [0.2, 0.25) is 0 Å². The molecule has 10 heavy (non-hydrogen) atoms. The van der Waals surface area contributed by atoms with Crippen molar-refractivity contribution in [1.29, 1.82) is 0 Å². The minimum absolute atomic E-state index is 0.596. The molecule has 0 aliphatic rings. The average Bonchev–Trinajstić information content (AvgIpc) is 2.00. The molecule has 0 rings (SSSR count). The van der Waals surface area contributed by atoms with Crippen LogP contribution < -0.4 is 0 Å². The number of thiocarbonyl (C=S) groups is 1. The molecule has 0 aromatic heterocycles. The fourth-order valence-electron chi connectivity index (χ4n) is 0.416. The third-order valence-corrected chi connectivity index (χ3v) is 1.35. The summed E-state index contributed by atoms with van der Waals surface area (Å²) in [4.78, 5) is 0. The van der Waals surface area contributed by atoms with Crippen LogP contribution in [0.3, 0.4) is 0 Å². The van der Waals surface area contributed by atoms with Gasteiger partial charge in [-0.25, -0.2) is 0 Å². The predicted octanol–water partition coefficient (Wildman–Crippen LogP) is -1.94. The highest BCUT2D eigenvalue weighted by molar-refractivity contribution is 7.79. The monoisotopic (exact) mass is 166 g/mol. The Balaban J connectivity index is 3.80. The van der Waals surface area contributed by atoms with Crippen LogP contribution in [-0.2, 0) is 0 Å². The van der Waals surface area contributed by atoms with E-state index in [4.69, 9.17) is 20.4 Å². The first-order valence-electron chi connectivity index (χ1n) is 2.73. The molecule has 4 nitrogen and oxygen atoms in total. The van der Waals surface area contributed by atoms with Gasteiger partial charge in [-0.2, -0.15) is 0 Å². The van der Waals surface area contributed by atoms with E-state index in [1.807, 2.05) is 0 Å². The van der Waals surface area contributed by atoms with Crippen LogP contribution in [0.25, 0.3) is 0 Å². The molecule has 0 aromatic rings. The van der Waals surface area contributed by atoms with Crippen molar-refractivity contribution in [3.63, 3.8) is 0 Å². The molecule has 0 unspecified atom stereocenters. The molecule has 0 saturated carbocycles. The number of hydrogen-bond donors (Lipinski definition) is 4. The van der Waals surface area contributed by atoms with E-state index in [0.717, 1.165) is 5.37 Å². The largest absolute Gasteiger partial charge is 0.394 e. The van der Waals surface area contributed by atoms with Gasteiger partial charge in [0.05, 0.1) is 6.61 Å². The molecule has 0 aliphatic carbocycles. The van der Waals surface area contributed by atoms with Crippen LogP contribution in [0.1, 0.15) is 0 Å². The second kappa shape index (κ2) is 4.70. The van der Waals surface area contributed by atoms with Gasteiger partial charge in [0, 0.05) is 5.37 Å². The van der Waals surface area contributed by atoms with Crippen molar-refractivity contribution in [3.8, 4) is 0 Å². The zero-order valence-electron chi connectivity index (χ0n) is 5.21. The third-order valence-electron chi connectivity index (χ3n) is 1.07. The standard InChI is InChI=1S/C5H10O4S/c6-1-3(7)5(9)4(8)2-10/h2-9H,1H2/t3-,4+,5-/m1/s1. The molecule has 0 saturated heterocycles. The normalized spacial score (nSPS) is 19.6. The van der Waals surface area contributed by atoms with Crippen LogP contribution in [0.2, 0.25) is 0 Å². The van der Waals surface area contributed by atoms with Gasteiger partial charge in [0.1, 0.15) is 18.3 Å². The van der Waals surface area contributed by atoms with E-state index in [9.17, 15) is 0 Å². The van der Waals surface area contributed by atoms with Crippen LogP contribution >= 0.6 is 12.2 Å². The van der Waals surface area contributed by atoms with Crippen molar-refractivity contribution >= 4 is 17.6 Å². The van der Waals surface area contributed by atoms with E-state index >= 15 is 0 Å². The van der Waals surface area contributed by atoms with E-state index in [0.29, 0.717) is 0 Å². The molecule has 0 aliphatic heterocycles. The summed E-state index contributed by atoms with van der Waals surface area (Å²) in [6.45, 7) is -0.596. The van der Waals surface area contributed by atoms with Gasteiger partial charge >= 0.3 is 0 Å². The first-order valence-corrected chi connectivity index (χ1v) is 3.21. The Kier molecular flexibility index (Phi) is 4.67. The van der Waals surface area contributed by atoms with E-state index in [2.05, 4.69) is 12.2 Å². The molecule has 60 valence electrons. The van der Waals surface area contributed by atoms with Gasteiger partial charge in [0.15, 0.2) is 0 Å². The summed E-state index contributed by atoms with van der Waals surface area (Å²) in [6, 6.07) is 0. The quantitative estimate of drug-likeness (QED) is 0.365. The van der Waals surface area contributed by atoms with E-state index in [1.165, 1.54) is 0 Å². The fraction of sp³-hybridized carbons (Fsp3) is 0.800. The van der Waals surface area contributed by atoms with Crippen LogP contribution in [0.4, 0.5) is 0 Å². The first kappa shape index (κ1) is 9.93. The Morgan fingerprint density at radius 2 is 1.80 bits per heavy atom. The molecule has 0 aromatic carbocycles. The second-order valence-corrected chi connectivity index (χ2v) is 2.14. The van der Waals surface area contributed by atoms with Crippen molar-refractivity contribution < 1.29 is 20.4 Å². The van der Waals surface area contributed by atoms with Gasteiger partial charge in [0.25, 0.3) is 0 Å². The van der Waals surface area contributed by atoms with Crippen molar-refractivity contribution in [3.05, 3.63) is 0 Å². The summed E-state index contributed by atoms with van der Waals surface area (Å²) in [7, 11) is 0. The molecule has 0 spiro atoms. The molecule has 0 heterocycles. The molecule has 5 heteroatoms. The molecular weight excluding hydrogens is 156 g/mol. The van der Waals surface area contributed by atoms with Gasteiger partial charge in [-0.05, 0) is 0 Å². The highest BCUT2D eigenvalue weighted by Crippen LogP contribution is 1.97. The summed E-state index contributed by atoms with van der Waals surface area (Å²) < 4.78 is 0. The number of aliphatic hydroxyl groups is 4. The average molecular weight is 166 g/mol. The lowest BCUT2D eigenvalue weighted by atomic mass is 10.1. The molecule has 0 fully saturated rings. The topological polar surface area (TPSA) is 80.9 Å². The minimum Gasteiger partial charge on any atom is -0.394 e. The zero-order chi connectivity index (χ0) is 8.15. The van der Waals surface area contributed by atoms with E-state index in [-0.39, 0.29) is 0 Å². The lowest BCUT2D eigenvalue weighted by Crippen LogP contribution is -2.39. The van der Waals surface area contributed by atoms with Crippen LogP contribution in [0.5, 0.6) is 0 Å². The summed E-state index contributed by atoms with van der Waals surface area (Å²) in [5, 5.41) is 35.5. The predicted molar refractivity (Wildman–Crippen MR) is 38.8 cm³/mol. The van der Waals surface area contributed by atoms with Crippen LogP contribution in [-0.4, -0.2) is 50.7 Å². The van der Waals surface area contributed by atoms with Gasteiger partial charge in [-0.3, -0.25) is 0 Å².